The highest BCUT2D eigenvalue weighted by Gasteiger charge is 2.41. The molecule has 0 saturated carbocycles. The zero-order chi connectivity index (χ0) is 19.9. The van der Waals surface area contributed by atoms with Crippen LogP contribution in [0.3, 0.4) is 0 Å². The highest BCUT2D eigenvalue weighted by molar-refractivity contribution is 8.29. The highest BCUT2D eigenvalue weighted by atomic mass is 32.2. The van der Waals surface area contributed by atoms with Crippen molar-refractivity contribution >= 4 is 46.7 Å². The van der Waals surface area contributed by atoms with E-state index < -0.39 is 11.9 Å². The molecule has 0 spiro atoms. The Morgan fingerprint density at radius 1 is 1.04 bits per heavy atom. The number of esters is 2. The average Bonchev–Trinajstić information content (AvgIpc) is 3.10. The SMILES string of the molecule is C=C1C(=C2SC(C(=O)OC)=C(C(=O)OC)S2)c2ccccc2N(C)C1(C)C. The smallest absolute Gasteiger partial charge is 0.346 e. The van der Waals surface area contributed by atoms with E-state index in [0.29, 0.717) is 0 Å². The maximum absolute atomic E-state index is 12.2. The van der Waals surface area contributed by atoms with Crippen LogP contribution in [-0.2, 0) is 19.1 Å². The molecule has 0 N–H and O–H groups in total. The number of likely N-dealkylation sites (N-methyl/N-ethyl adjacent to an activating group) is 1. The number of nitrogens with zero attached hydrogens (tertiary/aromatic N) is 1. The van der Waals surface area contributed by atoms with Gasteiger partial charge >= 0.3 is 11.9 Å². The normalized spacial score (nSPS) is 18.6. The topological polar surface area (TPSA) is 55.8 Å². The number of para-hydroxylation sites is 1. The zero-order valence-electron chi connectivity index (χ0n) is 15.9. The predicted molar refractivity (Wildman–Crippen MR) is 111 cm³/mol. The number of rotatable bonds is 2. The Bertz CT molecular complexity index is 884. The summed E-state index contributed by atoms with van der Waals surface area (Å²) in [6.45, 7) is 8.55. The Labute approximate surface area is 167 Å². The second-order valence-corrected chi connectivity index (χ2v) is 8.92. The van der Waals surface area contributed by atoms with Crippen molar-refractivity contribution < 1.29 is 19.1 Å². The van der Waals surface area contributed by atoms with Gasteiger partial charge in [0.15, 0.2) is 0 Å². The lowest BCUT2D eigenvalue weighted by Crippen LogP contribution is -2.46. The minimum absolute atomic E-state index is 0.249. The van der Waals surface area contributed by atoms with E-state index in [1.807, 2.05) is 25.2 Å². The first-order chi connectivity index (χ1) is 12.7. The molecule has 0 aromatic heterocycles. The summed E-state index contributed by atoms with van der Waals surface area (Å²) in [5, 5.41) is 0. The number of carbonyl (C=O) groups is 2. The van der Waals surface area contributed by atoms with E-state index in [4.69, 9.17) is 9.47 Å². The molecule has 0 fully saturated rings. The van der Waals surface area contributed by atoms with Gasteiger partial charge in [-0.1, -0.05) is 48.3 Å². The molecule has 0 saturated heterocycles. The molecule has 0 unspecified atom stereocenters. The summed E-state index contributed by atoms with van der Waals surface area (Å²) >= 11 is 2.48. The summed E-state index contributed by atoms with van der Waals surface area (Å²) in [5.74, 6) is -1.09. The summed E-state index contributed by atoms with van der Waals surface area (Å²) < 4.78 is 10.5. The largest absolute Gasteiger partial charge is 0.465 e. The summed E-state index contributed by atoms with van der Waals surface area (Å²) in [5.41, 5.74) is 3.65. The van der Waals surface area contributed by atoms with E-state index in [-0.39, 0.29) is 15.3 Å². The van der Waals surface area contributed by atoms with Crippen LogP contribution in [0.15, 0.2) is 50.5 Å². The van der Waals surface area contributed by atoms with Crippen molar-refractivity contribution in [3.63, 3.8) is 0 Å². The van der Waals surface area contributed by atoms with E-state index in [1.54, 1.807) is 0 Å². The zero-order valence-corrected chi connectivity index (χ0v) is 17.5. The van der Waals surface area contributed by atoms with E-state index >= 15 is 0 Å². The van der Waals surface area contributed by atoms with Crippen molar-refractivity contribution in [2.45, 2.75) is 19.4 Å². The molecule has 0 bridgehead atoms. The Morgan fingerprint density at radius 3 is 2.07 bits per heavy atom. The van der Waals surface area contributed by atoms with Crippen LogP contribution in [0.4, 0.5) is 5.69 Å². The van der Waals surface area contributed by atoms with E-state index in [2.05, 4.69) is 31.4 Å². The number of anilines is 1. The lowest BCUT2D eigenvalue weighted by molar-refractivity contribution is -0.138. The number of hydrogen-bond acceptors (Lipinski definition) is 7. The molecule has 5 nitrogen and oxygen atoms in total. The molecule has 2 aliphatic rings. The molecule has 7 heteroatoms. The second-order valence-electron chi connectivity index (χ2n) is 6.62. The highest BCUT2D eigenvalue weighted by Crippen LogP contribution is 2.57. The summed E-state index contributed by atoms with van der Waals surface area (Å²) in [6, 6.07) is 8.06. The van der Waals surface area contributed by atoms with Crippen molar-refractivity contribution in [3.8, 4) is 0 Å². The maximum atomic E-state index is 12.2. The van der Waals surface area contributed by atoms with Gasteiger partial charge in [0, 0.05) is 23.9 Å². The number of ether oxygens (including phenoxy) is 2. The molecular formula is C20H21NO4S2. The minimum Gasteiger partial charge on any atom is -0.465 e. The van der Waals surface area contributed by atoms with Crippen LogP contribution < -0.4 is 4.90 Å². The number of carbonyl (C=O) groups excluding carboxylic acids is 2. The quantitative estimate of drug-likeness (QED) is 0.687. The van der Waals surface area contributed by atoms with Gasteiger partial charge < -0.3 is 14.4 Å². The third kappa shape index (κ3) is 3.08. The van der Waals surface area contributed by atoms with Crippen LogP contribution in [0.25, 0.3) is 5.57 Å². The molecule has 1 aromatic carbocycles. The standard InChI is InChI=1S/C20H21NO4S2/c1-11-14(12-9-7-8-10-13(12)21(4)20(11,2)3)19-26-15(17(22)24-5)16(27-19)18(23)25-6/h7-10H,1H2,2-6H3. The van der Waals surface area contributed by atoms with E-state index in [9.17, 15) is 9.59 Å². The van der Waals surface area contributed by atoms with Gasteiger partial charge in [0.2, 0.25) is 0 Å². The fraction of sp³-hybridized carbons (Fsp3) is 0.300. The van der Waals surface area contributed by atoms with Crippen LogP contribution in [0.2, 0.25) is 0 Å². The number of hydrogen-bond donors (Lipinski definition) is 0. The molecule has 1 aromatic rings. The van der Waals surface area contributed by atoms with Crippen LogP contribution in [0.5, 0.6) is 0 Å². The van der Waals surface area contributed by atoms with E-state index in [0.717, 1.165) is 26.6 Å². The average molecular weight is 404 g/mol. The van der Waals surface area contributed by atoms with Crippen LogP contribution in [-0.4, -0.2) is 38.7 Å². The number of benzene rings is 1. The van der Waals surface area contributed by atoms with Gasteiger partial charge in [-0.2, -0.15) is 0 Å². The number of methoxy groups -OCH3 is 2. The van der Waals surface area contributed by atoms with Gasteiger partial charge in [-0.3, -0.25) is 0 Å². The number of thioether (sulfide) groups is 2. The first kappa shape index (κ1) is 19.6. The fourth-order valence-electron chi connectivity index (χ4n) is 3.04. The molecule has 0 radical (unpaired) electrons. The predicted octanol–water partition coefficient (Wildman–Crippen LogP) is 4.18. The van der Waals surface area contributed by atoms with Crippen molar-refractivity contribution in [2.24, 2.45) is 0 Å². The van der Waals surface area contributed by atoms with Gasteiger partial charge in [0.25, 0.3) is 0 Å². The monoisotopic (exact) mass is 403 g/mol. The minimum atomic E-state index is -0.547. The molecular weight excluding hydrogens is 382 g/mol. The van der Waals surface area contributed by atoms with Crippen molar-refractivity contribution in [1.82, 2.24) is 0 Å². The third-order valence-corrected chi connectivity index (χ3v) is 7.51. The van der Waals surface area contributed by atoms with Crippen LogP contribution in [0.1, 0.15) is 19.4 Å². The Hall–Kier alpha value is -2.12. The molecule has 27 heavy (non-hydrogen) atoms. The molecule has 0 aliphatic carbocycles. The van der Waals surface area contributed by atoms with Gasteiger partial charge in [-0.05, 0) is 25.5 Å². The van der Waals surface area contributed by atoms with Crippen molar-refractivity contribution in [3.05, 3.63) is 56.0 Å². The Balaban J connectivity index is 2.19. The summed E-state index contributed by atoms with van der Waals surface area (Å²) in [7, 11) is 4.64. The lowest BCUT2D eigenvalue weighted by Gasteiger charge is -2.45. The second kappa shape index (κ2) is 7.13. The molecule has 2 heterocycles. The Kier molecular flexibility index (Phi) is 5.18. The molecule has 142 valence electrons. The number of fused-ring (bicyclic) bond motifs is 1. The van der Waals surface area contributed by atoms with Crippen LogP contribution in [0, 0.1) is 0 Å². The third-order valence-electron chi connectivity index (χ3n) is 4.96. The first-order valence-corrected chi connectivity index (χ1v) is 9.91. The fourth-order valence-corrected chi connectivity index (χ4v) is 5.68. The molecule has 3 rings (SSSR count). The van der Waals surface area contributed by atoms with Crippen molar-refractivity contribution in [2.75, 3.05) is 26.2 Å². The molecule has 0 atom stereocenters. The molecule has 0 amide bonds. The maximum Gasteiger partial charge on any atom is 0.346 e. The summed E-state index contributed by atoms with van der Waals surface area (Å²) in [4.78, 5) is 27.1. The van der Waals surface area contributed by atoms with Crippen LogP contribution >= 0.6 is 23.5 Å². The van der Waals surface area contributed by atoms with Gasteiger partial charge in [0.05, 0.1) is 24.0 Å². The van der Waals surface area contributed by atoms with Gasteiger partial charge in [0.1, 0.15) is 9.81 Å². The van der Waals surface area contributed by atoms with Crippen molar-refractivity contribution in [1.29, 1.82) is 0 Å². The first-order valence-electron chi connectivity index (χ1n) is 8.27. The lowest BCUT2D eigenvalue weighted by atomic mass is 9.80. The van der Waals surface area contributed by atoms with Gasteiger partial charge in [-0.15, -0.1) is 0 Å². The Morgan fingerprint density at radius 2 is 1.56 bits per heavy atom. The summed E-state index contributed by atoms with van der Waals surface area (Å²) in [6.07, 6.45) is 0. The molecule has 2 aliphatic heterocycles. The van der Waals surface area contributed by atoms with Gasteiger partial charge in [-0.25, -0.2) is 9.59 Å². The van der Waals surface area contributed by atoms with E-state index in [1.165, 1.54) is 37.7 Å².